The molecule has 0 radical (unpaired) electrons. The number of hydrogen-bond acceptors (Lipinski definition) is 4. The third-order valence-electron chi connectivity index (χ3n) is 6.18. The van der Waals surface area contributed by atoms with E-state index in [9.17, 15) is 14.7 Å². The van der Waals surface area contributed by atoms with Gasteiger partial charge in [0.1, 0.15) is 11.5 Å². The van der Waals surface area contributed by atoms with Crippen LogP contribution in [0.1, 0.15) is 89.7 Å². The van der Waals surface area contributed by atoms with Crippen molar-refractivity contribution in [2.45, 2.75) is 97.5 Å². The maximum Gasteiger partial charge on any atom is 0.265 e. The average molecular weight is 517 g/mol. The molecule has 0 aliphatic carbocycles. The third-order valence-corrected chi connectivity index (χ3v) is 6.50. The van der Waals surface area contributed by atoms with Gasteiger partial charge in [0.2, 0.25) is 6.41 Å². The van der Waals surface area contributed by atoms with E-state index >= 15 is 0 Å². The van der Waals surface area contributed by atoms with Gasteiger partial charge in [0.25, 0.3) is 5.91 Å². The van der Waals surface area contributed by atoms with E-state index in [4.69, 9.17) is 16.3 Å². The fourth-order valence-electron chi connectivity index (χ4n) is 4.08. The van der Waals surface area contributed by atoms with E-state index in [1.807, 2.05) is 6.07 Å². The molecule has 0 saturated heterocycles. The summed E-state index contributed by atoms with van der Waals surface area (Å²) in [6.45, 7) is 6.47. The van der Waals surface area contributed by atoms with Gasteiger partial charge in [-0.15, -0.1) is 0 Å². The zero-order valence-electron chi connectivity index (χ0n) is 21.9. The minimum Gasteiger partial charge on any atom is -0.506 e. The molecule has 0 aromatic heterocycles. The predicted molar refractivity (Wildman–Crippen MR) is 148 cm³/mol. The lowest BCUT2D eigenvalue weighted by Crippen LogP contribution is -2.33. The van der Waals surface area contributed by atoms with E-state index in [0.717, 1.165) is 56.3 Å². The molecule has 0 aliphatic heterocycles. The number of halogens is 1. The van der Waals surface area contributed by atoms with Gasteiger partial charge >= 0.3 is 0 Å². The number of phenolic OH excluding ortho intramolecular Hbond substituents is 1. The van der Waals surface area contributed by atoms with Crippen LogP contribution in [0.2, 0.25) is 5.02 Å². The summed E-state index contributed by atoms with van der Waals surface area (Å²) in [6.07, 6.45) is 11.0. The molecule has 0 fully saturated rings. The van der Waals surface area contributed by atoms with Gasteiger partial charge in [-0.1, -0.05) is 76.6 Å². The van der Waals surface area contributed by atoms with Gasteiger partial charge in [-0.05, 0) is 61.8 Å². The second kappa shape index (κ2) is 16.1. The molecule has 36 heavy (non-hydrogen) atoms. The molecular formula is C29H41ClN2O4. The molecule has 7 heteroatoms. The van der Waals surface area contributed by atoms with E-state index in [1.165, 1.54) is 37.0 Å². The molecule has 0 heterocycles. The fourth-order valence-corrected chi connectivity index (χ4v) is 4.29. The molecule has 2 amide bonds. The molecule has 2 aromatic rings. The Labute approximate surface area is 220 Å². The Kier molecular flexibility index (Phi) is 13.2. The van der Waals surface area contributed by atoms with Crippen molar-refractivity contribution in [1.82, 2.24) is 0 Å². The zero-order chi connectivity index (χ0) is 26.3. The number of rotatable bonds is 17. The van der Waals surface area contributed by atoms with Crippen molar-refractivity contribution < 1.29 is 19.4 Å². The number of nitrogens with one attached hydrogen (secondary N) is 2. The van der Waals surface area contributed by atoms with Crippen molar-refractivity contribution in [3.8, 4) is 11.5 Å². The highest BCUT2D eigenvalue weighted by Crippen LogP contribution is 2.34. The number of carbonyl (C=O) groups is 2. The average Bonchev–Trinajstić information content (AvgIpc) is 2.86. The summed E-state index contributed by atoms with van der Waals surface area (Å²) in [4.78, 5) is 24.0. The van der Waals surface area contributed by atoms with Gasteiger partial charge in [-0.2, -0.15) is 0 Å². The summed E-state index contributed by atoms with van der Waals surface area (Å²) in [5.74, 6) is 0.234. The first kappa shape index (κ1) is 29.5. The number of ether oxygens (including phenoxy) is 1. The van der Waals surface area contributed by atoms with Crippen LogP contribution in [0.3, 0.4) is 0 Å². The second-order valence-electron chi connectivity index (χ2n) is 9.21. The number of phenols is 1. The predicted octanol–water partition coefficient (Wildman–Crippen LogP) is 7.66. The van der Waals surface area contributed by atoms with Crippen molar-refractivity contribution in [3.05, 3.63) is 46.5 Å². The minimum absolute atomic E-state index is 0.169. The summed E-state index contributed by atoms with van der Waals surface area (Å²) in [5.41, 5.74) is 2.88. The highest BCUT2D eigenvalue weighted by molar-refractivity contribution is 6.34. The molecule has 2 rings (SSSR count). The number of hydrogen-bond donors (Lipinski definition) is 3. The summed E-state index contributed by atoms with van der Waals surface area (Å²) in [7, 11) is 0. The Morgan fingerprint density at radius 2 is 1.67 bits per heavy atom. The van der Waals surface area contributed by atoms with Crippen molar-refractivity contribution in [3.63, 3.8) is 0 Å². The van der Waals surface area contributed by atoms with Gasteiger partial charge in [0.05, 0.1) is 16.4 Å². The lowest BCUT2D eigenvalue weighted by molar-refractivity contribution is -0.123. The number of anilines is 2. The first-order chi connectivity index (χ1) is 17.4. The van der Waals surface area contributed by atoms with Crippen LogP contribution in [0.5, 0.6) is 11.5 Å². The van der Waals surface area contributed by atoms with Crippen molar-refractivity contribution in [2.24, 2.45) is 0 Å². The highest BCUT2D eigenvalue weighted by Gasteiger charge is 2.23. The highest BCUT2D eigenvalue weighted by atomic mass is 35.5. The Morgan fingerprint density at radius 3 is 2.33 bits per heavy atom. The van der Waals surface area contributed by atoms with Crippen LogP contribution in [-0.4, -0.2) is 23.5 Å². The topological polar surface area (TPSA) is 87.7 Å². The quantitative estimate of drug-likeness (QED) is 0.114. The number of aromatic hydroxyl groups is 1. The Morgan fingerprint density at radius 1 is 0.972 bits per heavy atom. The van der Waals surface area contributed by atoms with Crippen LogP contribution < -0.4 is 15.4 Å². The molecule has 198 valence electrons. The molecular weight excluding hydrogens is 476 g/mol. The van der Waals surface area contributed by atoms with Crippen LogP contribution in [0, 0.1) is 0 Å². The van der Waals surface area contributed by atoms with Gasteiger partial charge in [-0.25, -0.2) is 0 Å². The summed E-state index contributed by atoms with van der Waals surface area (Å²) in [6, 6.07) is 9.07. The van der Waals surface area contributed by atoms with Crippen LogP contribution in [0.25, 0.3) is 0 Å². The number of unbranched alkanes of at least 4 members (excludes halogenated alkanes) is 5. The fraction of sp³-hybridized carbons (Fsp3) is 0.517. The number of carbonyl (C=O) groups excluding carboxylic acids is 2. The molecule has 1 unspecified atom stereocenters. The summed E-state index contributed by atoms with van der Waals surface area (Å²) in [5, 5.41) is 15.5. The Bertz CT molecular complexity index is 980. The van der Waals surface area contributed by atoms with E-state index in [0.29, 0.717) is 12.8 Å². The van der Waals surface area contributed by atoms with E-state index in [2.05, 4.69) is 43.5 Å². The molecule has 2 aromatic carbocycles. The molecule has 1 atom stereocenters. The third kappa shape index (κ3) is 9.38. The molecule has 6 nitrogen and oxygen atoms in total. The first-order valence-electron chi connectivity index (χ1n) is 13.2. The summed E-state index contributed by atoms with van der Waals surface area (Å²) >= 11 is 6.29. The van der Waals surface area contributed by atoms with Gasteiger partial charge in [0.15, 0.2) is 6.10 Å². The molecule has 0 spiro atoms. The molecule has 3 N–H and O–H groups in total. The monoisotopic (exact) mass is 516 g/mol. The first-order valence-corrected chi connectivity index (χ1v) is 13.6. The number of benzene rings is 2. The second-order valence-corrected chi connectivity index (χ2v) is 9.61. The van der Waals surface area contributed by atoms with Gasteiger partial charge < -0.3 is 20.5 Å². The maximum atomic E-state index is 13.3. The SMILES string of the molecule is CCCCCc1ccc(OC(CCCC)C(=O)Nc2cc(O)c(NC=O)cc2Cl)c(CCCCC)c1. The Hall–Kier alpha value is -2.73. The van der Waals surface area contributed by atoms with Crippen LogP contribution in [-0.2, 0) is 22.4 Å². The van der Waals surface area contributed by atoms with E-state index in [-0.39, 0.29) is 28.1 Å². The van der Waals surface area contributed by atoms with Crippen LogP contribution >= 0.6 is 11.6 Å². The van der Waals surface area contributed by atoms with Crippen molar-refractivity contribution in [2.75, 3.05) is 10.6 Å². The smallest absolute Gasteiger partial charge is 0.265 e. The normalized spacial score (nSPS) is 11.7. The van der Waals surface area contributed by atoms with E-state index in [1.54, 1.807) is 0 Å². The molecule has 0 saturated carbocycles. The lowest BCUT2D eigenvalue weighted by atomic mass is 10.00. The maximum absolute atomic E-state index is 13.3. The summed E-state index contributed by atoms with van der Waals surface area (Å²) < 4.78 is 6.35. The van der Waals surface area contributed by atoms with Crippen LogP contribution in [0.15, 0.2) is 30.3 Å². The van der Waals surface area contributed by atoms with Gasteiger partial charge in [0, 0.05) is 6.07 Å². The van der Waals surface area contributed by atoms with Crippen LogP contribution in [0.4, 0.5) is 11.4 Å². The largest absolute Gasteiger partial charge is 0.506 e. The number of aryl methyl sites for hydroxylation is 2. The Balaban J connectivity index is 2.25. The van der Waals surface area contributed by atoms with E-state index < -0.39 is 6.10 Å². The van der Waals surface area contributed by atoms with Crippen molar-refractivity contribution in [1.29, 1.82) is 0 Å². The minimum atomic E-state index is -0.702. The lowest BCUT2D eigenvalue weighted by Gasteiger charge is -2.22. The zero-order valence-corrected chi connectivity index (χ0v) is 22.6. The standard InChI is InChI=1S/C29H41ClN2O4/c1-4-7-10-12-21-15-16-27(22(17-21)13-11-8-5-2)36-28(14-9-6-3)29(35)32-24-19-26(34)25(31-20-33)18-23(24)30/h15-20,28,34H,4-14H2,1-3H3,(H,31,33)(H,32,35). The molecule has 0 aliphatic rings. The van der Waals surface area contributed by atoms with Crippen molar-refractivity contribution >= 4 is 35.3 Å². The van der Waals surface area contributed by atoms with Gasteiger partial charge in [-0.3, -0.25) is 9.59 Å². The molecule has 0 bridgehead atoms. The number of amides is 2.